The van der Waals surface area contributed by atoms with E-state index in [2.05, 4.69) is 38.1 Å². The molecule has 1 aromatic rings. The van der Waals surface area contributed by atoms with Crippen LogP contribution >= 0.6 is 0 Å². The van der Waals surface area contributed by atoms with Gasteiger partial charge in [0.1, 0.15) is 0 Å². The van der Waals surface area contributed by atoms with Crippen LogP contribution in [0, 0.1) is 12.8 Å². The third-order valence-corrected chi connectivity index (χ3v) is 6.66. The Hall–Kier alpha value is -0.670. The number of aryl methyl sites for hydroxylation is 1. The topological polar surface area (TPSA) is 43.1 Å². The SMILES string of the molecule is Cc1ccc(C(N)C(C)S(=O)C2CCCC(C)C2)cc1. The fourth-order valence-electron chi connectivity index (χ4n) is 3.10. The number of hydrogen-bond acceptors (Lipinski definition) is 2. The first-order valence-corrected chi connectivity index (χ1v) is 8.98. The first kappa shape index (κ1) is 15.7. The van der Waals surface area contributed by atoms with Crippen molar-refractivity contribution in [3.63, 3.8) is 0 Å². The Morgan fingerprint density at radius 2 is 1.90 bits per heavy atom. The smallest absolute Gasteiger partial charge is 0.0515 e. The third-order valence-electron chi connectivity index (χ3n) is 4.55. The van der Waals surface area contributed by atoms with E-state index in [1.54, 1.807) is 0 Å². The molecule has 1 aromatic carbocycles. The molecule has 2 N–H and O–H groups in total. The van der Waals surface area contributed by atoms with Gasteiger partial charge in [0.2, 0.25) is 0 Å². The van der Waals surface area contributed by atoms with Crippen molar-refractivity contribution in [1.82, 2.24) is 0 Å². The molecule has 0 heterocycles. The summed E-state index contributed by atoms with van der Waals surface area (Å²) in [5, 5.41) is 0.359. The van der Waals surface area contributed by atoms with Gasteiger partial charge in [0.15, 0.2) is 0 Å². The van der Waals surface area contributed by atoms with Gasteiger partial charge in [-0.1, -0.05) is 49.6 Å². The van der Waals surface area contributed by atoms with Crippen molar-refractivity contribution in [2.75, 3.05) is 0 Å². The molecular formula is C17H27NOS. The number of hydrogen-bond donors (Lipinski definition) is 1. The van der Waals surface area contributed by atoms with Gasteiger partial charge in [-0.2, -0.15) is 0 Å². The lowest BCUT2D eigenvalue weighted by molar-refractivity contribution is 0.387. The van der Waals surface area contributed by atoms with Crippen molar-refractivity contribution < 1.29 is 4.21 Å². The van der Waals surface area contributed by atoms with Crippen LogP contribution in [0.2, 0.25) is 0 Å². The minimum atomic E-state index is -0.833. The molecule has 1 aliphatic rings. The summed E-state index contributed by atoms with van der Waals surface area (Å²) in [6, 6.07) is 8.16. The fourth-order valence-corrected chi connectivity index (χ4v) is 5.07. The fraction of sp³-hybridized carbons (Fsp3) is 0.647. The molecule has 0 radical (unpaired) electrons. The molecule has 0 aliphatic heterocycles. The lowest BCUT2D eigenvalue weighted by Crippen LogP contribution is -2.35. The van der Waals surface area contributed by atoms with Crippen molar-refractivity contribution in [2.45, 2.75) is 63.0 Å². The number of rotatable bonds is 4. The zero-order chi connectivity index (χ0) is 14.7. The van der Waals surface area contributed by atoms with Gasteiger partial charge in [-0.3, -0.25) is 4.21 Å². The molecule has 0 saturated heterocycles. The highest BCUT2D eigenvalue weighted by atomic mass is 32.2. The maximum Gasteiger partial charge on any atom is 0.0515 e. The van der Waals surface area contributed by atoms with Crippen LogP contribution < -0.4 is 5.73 Å². The van der Waals surface area contributed by atoms with Gasteiger partial charge in [0.25, 0.3) is 0 Å². The Bertz CT molecular complexity index is 457. The number of nitrogens with two attached hydrogens (primary N) is 1. The van der Waals surface area contributed by atoms with Gasteiger partial charge >= 0.3 is 0 Å². The van der Waals surface area contributed by atoms with Crippen molar-refractivity contribution in [1.29, 1.82) is 0 Å². The van der Waals surface area contributed by atoms with Gasteiger partial charge in [-0.25, -0.2) is 0 Å². The lowest BCUT2D eigenvalue weighted by Gasteiger charge is -2.30. The molecule has 5 atom stereocenters. The Morgan fingerprint density at radius 3 is 2.50 bits per heavy atom. The maximum absolute atomic E-state index is 12.8. The molecule has 0 amide bonds. The van der Waals surface area contributed by atoms with Gasteiger partial charge in [-0.15, -0.1) is 0 Å². The molecule has 0 aromatic heterocycles. The van der Waals surface area contributed by atoms with E-state index in [-0.39, 0.29) is 11.3 Å². The van der Waals surface area contributed by atoms with E-state index in [0.717, 1.165) is 18.4 Å². The zero-order valence-electron chi connectivity index (χ0n) is 12.8. The molecule has 20 heavy (non-hydrogen) atoms. The summed E-state index contributed by atoms with van der Waals surface area (Å²) in [5.74, 6) is 0.709. The molecule has 1 saturated carbocycles. The van der Waals surface area contributed by atoms with E-state index in [1.807, 2.05) is 6.92 Å². The predicted molar refractivity (Wildman–Crippen MR) is 87.1 cm³/mol. The third kappa shape index (κ3) is 3.70. The zero-order valence-corrected chi connectivity index (χ0v) is 13.7. The molecule has 1 fully saturated rings. The standard InChI is InChI=1S/C17H27NOS/c1-12-7-9-15(10-8-12)17(18)14(3)20(19)16-6-4-5-13(2)11-16/h7-10,13-14,16-17H,4-6,11,18H2,1-3H3. The van der Waals surface area contributed by atoms with Crippen LogP contribution in [0.1, 0.15) is 56.7 Å². The molecule has 0 spiro atoms. The molecule has 3 heteroatoms. The largest absolute Gasteiger partial charge is 0.323 e. The average molecular weight is 293 g/mol. The normalized spacial score (nSPS) is 27.8. The highest BCUT2D eigenvalue weighted by Crippen LogP contribution is 2.30. The highest BCUT2D eigenvalue weighted by Gasteiger charge is 2.30. The molecular weight excluding hydrogens is 266 g/mol. The van der Waals surface area contributed by atoms with Crippen molar-refractivity contribution >= 4 is 10.8 Å². The molecule has 1 aliphatic carbocycles. The summed E-state index contributed by atoms with van der Waals surface area (Å²) in [7, 11) is -0.833. The molecule has 112 valence electrons. The van der Waals surface area contributed by atoms with Crippen molar-refractivity contribution in [3.05, 3.63) is 35.4 Å². The van der Waals surface area contributed by atoms with Crippen LogP contribution in [-0.4, -0.2) is 14.7 Å². The number of benzene rings is 1. The van der Waals surface area contributed by atoms with Crippen LogP contribution in [-0.2, 0) is 10.8 Å². The average Bonchev–Trinajstić information content (AvgIpc) is 2.46. The summed E-state index contributed by atoms with van der Waals surface area (Å²) < 4.78 is 12.8. The van der Waals surface area contributed by atoms with Gasteiger partial charge in [-0.05, 0) is 38.2 Å². The van der Waals surface area contributed by atoms with E-state index in [4.69, 9.17) is 5.73 Å². The Morgan fingerprint density at radius 1 is 1.25 bits per heavy atom. The second kappa shape index (κ2) is 6.86. The first-order valence-electron chi connectivity index (χ1n) is 7.70. The van der Waals surface area contributed by atoms with Crippen LogP contribution in [0.5, 0.6) is 0 Å². The Labute approximate surface area is 125 Å². The van der Waals surface area contributed by atoms with E-state index in [1.165, 1.54) is 18.4 Å². The highest BCUT2D eigenvalue weighted by molar-refractivity contribution is 7.86. The Balaban J connectivity index is 2.03. The van der Waals surface area contributed by atoms with E-state index in [9.17, 15) is 4.21 Å². The maximum atomic E-state index is 12.8. The summed E-state index contributed by atoms with van der Waals surface area (Å²) in [6.45, 7) is 6.38. The first-order chi connectivity index (χ1) is 9.49. The van der Waals surface area contributed by atoms with Gasteiger partial charge in [0.05, 0.1) is 5.25 Å². The molecule has 0 bridgehead atoms. The van der Waals surface area contributed by atoms with Crippen molar-refractivity contribution in [2.24, 2.45) is 11.7 Å². The van der Waals surface area contributed by atoms with Crippen LogP contribution in [0.15, 0.2) is 24.3 Å². The monoisotopic (exact) mass is 293 g/mol. The predicted octanol–water partition coefficient (Wildman–Crippen LogP) is 3.71. The molecule has 2 rings (SSSR count). The summed E-state index contributed by atoms with van der Waals surface area (Å²) in [5.41, 5.74) is 8.67. The van der Waals surface area contributed by atoms with Crippen molar-refractivity contribution in [3.8, 4) is 0 Å². The molecule has 2 nitrogen and oxygen atoms in total. The minimum absolute atomic E-state index is 0.0213. The van der Waals surface area contributed by atoms with E-state index >= 15 is 0 Å². The summed E-state index contributed by atoms with van der Waals surface area (Å²) >= 11 is 0. The minimum Gasteiger partial charge on any atom is -0.323 e. The van der Waals surface area contributed by atoms with Gasteiger partial charge in [0, 0.05) is 22.1 Å². The second-order valence-corrected chi connectivity index (χ2v) is 8.43. The lowest BCUT2D eigenvalue weighted by atomic mass is 9.90. The molecule has 5 unspecified atom stereocenters. The van der Waals surface area contributed by atoms with Crippen LogP contribution in [0.3, 0.4) is 0 Å². The second-order valence-electron chi connectivity index (χ2n) is 6.36. The quantitative estimate of drug-likeness (QED) is 0.919. The summed E-state index contributed by atoms with van der Waals surface area (Å²) in [4.78, 5) is 0. The summed E-state index contributed by atoms with van der Waals surface area (Å²) in [6.07, 6.45) is 4.69. The van der Waals surface area contributed by atoms with Crippen LogP contribution in [0.25, 0.3) is 0 Å². The Kier molecular flexibility index (Phi) is 5.39. The van der Waals surface area contributed by atoms with Gasteiger partial charge < -0.3 is 5.73 Å². The van der Waals surface area contributed by atoms with Crippen LogP contribution in [0.4, 0.5) is 0 Å². The van der Waals surface area contributed by atoms with E-state index in [0.29, 0.717) is 11.2 Å². The van der Waals surface area contributed by atoms with E-state index < -0.39 is 10.8 Å².